The van der Waals surface area contributed by atoms with Gasteiger partial charge in [0.2, 0.25) is 0 Å². The zero-order chi connectivity index (χ0) is 15.9. The van der Waals surface area contributed by atoms with Crippen molar-refractivity contribution in [2.45, 2.75) is 25.5 Å². The largest absolute Gasteiger partial charge is 0.491 e. The van der Waals surface area contributed by atoms with Crippen LogP contribution in [-0.4, -0.2) is 41.3 Å². The molecule has 1 fully saturated rings. The molecule has 1 aromatic heterocycles. The van der Waals surface area contributed by atoms with E-state index < -0.39 is 0 Å². The quantitative estimate of drug-likeness (QED) is 0.847. The first-order valence-corrected chi connectivity index (χ1v) is 7.90. The SMILES string of the molecule is O=C(NCCn1ccnc1)c1cccc(OCC2CCCO2)c1. The van der Waals surface area contributed by atoms with E-state index in [0.717, 1.165) is 19.4 Å². The number of carbonyl (C=O) groups is 1. The first-order valence-electron chi connectivity index (χ1n) is 7.90. The van der Waals surface area contributed by atoms with E-state index in [1.165, 1.54) is 0 Å². The van der Waals surface area contributed by atoms with Gasteiger partial charge in [-0.05, 0) is 31.0 Å². The highest BCUT2D eigenvalue weighted by molar-refractivity contribution is 5.94. The number of aromatic nitrogens is 2. The molecule has 3 rings (SSSR count). The standard InChI is InChI=1S/C17H21N3O3/c21-17(19-7-9-20-8-6-18-13-20)14-3-1-4-15(11-14)23-12-16-5-2-10-22-16/h1,3-4,6,8,11,13,16H,2,5,7,9-10,12H2,(H,19,21). The van der Waals surface area contributed by atoms with Gasteiger partial charge in [0, 0.05) is 37.7 Å². The van der Waals surface area contributed by atoms with Gasteiger partial charge in [0.25, 0.3) is 5.91 Å². The topological polar surface area (TPSA) is 65.4 Å². The molecule has 6 nitrogen and oxygen atoms in total. The van der Waals surface area contributed by atoms with E-state index in [2.05, 4.69) is 10.3 Å². The van der Waals surface area contributed by atoms with Crippen LogP contribution in [0.4, 0.5) is 0 Å². The molecular weight excluding hydrogens is 294 g/mol. The third kappa shape index (κ3) is 4.56. The van der Waals surface area contributed by atoms with Crippen LogP contribution in [0.25, 0.3) is 0 Å². The Morgan fingerprint density at radius 2 is 2.43 bits per heavy atom. The molecule has 0 aliphatic carbocycles. The summed E-state index contributed by atoms with van der Waals surface area (Å²) in [7, 11) is 0. The Balaban J connectivity index is 1.48. The van der Waals surface area contributed by atoms with Gasteiger partial charge in [-0.3, -0.25) is 4.79 Å². The molecule has 122 valence electrons. The summed E-state index contributed by atoms with van der Waals surface area (Å²) < 4.78 is 13.2. The van der Waals surface area contributed by atoms with Crippen LogP contribution in [0, 0.1) is 0 Å². The molecule has 1 N–H and O–H groups in total. The van der Waals surface area contributed by atoms with E-state index in [1.54, 1.807) is 24.7 Å². The fourth-order valence-corrected chi connectivity index (χ4v) is 2.51. The van der Waals surface area contributed by atoms with Crippen molar-refractivity contribution in [3.63, 3.8) is 0 Å². The van der Waals surface area contributed by atoms with Crippen LogP contribution in [0.15, 0.2) is 43.0 Å². The maximum absolute atomic E-state index is 12.2. The number of rotatable bonds is 7. The number of carbonyl (C=O) groups excluding carboxylic acids is 1. The molecule has 0 bridgehead atoms. The zero-order valence-electron chi connectivity index (χ0n) is 13.0. The molecule has 1 aliphatic rings. The number of hydrogen-bond acceptors (Lipinski definition) is 4. The summed E-state index contributed by atoms with van der Waals surface area (Å²) in [6, 6.07) is 7.24. The molecule has 1 aliphatic heterocycles. The predicted octanol–water partition coefficient (Wildman–Crippen LogP) is 1.87. The summed E-state index contributed by atoms with van der Waals surface area (Å²) in [5, 5.41) is 2.89. The Hall–Kier alpha value is -2.34. The van der Waals surface area contributed by atoms with Gasteiger partial charge in [0.05, 0.1) is 12.4 Å². The summed E-state index contributed by atoms with van der Waals surface area (Å²) in [4.78, 5) is 16.1. The van der Waals surface area contributed by atoms with Crippen LogP contribution < -0.4 is 10.1 Å². The number of amides is 1. The molecule has 1 saturated heterocycles. The highest BCUT2D eigenvalue weighted by atomic mass is 16.5. The van der Waals surface area contributed by atoms with Crippen LogP contribution in [0.3, 0.4) is 0 Å². The second kappa shape index (κ2) is 7.78. The molecule has 1 amide bonds. The number of benzene rings is 1. The Labute approximate surface area is 135 Å². The van der Waals surface area contributed by atoms with Crippen molar-refractivity contribution in [2.75, 3.05) is 19.8 Å². The lowest BCUT2D eigenvalue weighted by atomic mass is 10.2. The van der Waals surface area contributed by atoms with Crippen molar-refractivity contribution in [2.24, 2.45) is 0 Å². The third-order valence-corrected chi connectivity index (χ3v) is 3.77. The zero-order valence-corrected chi connectivity index (χ0v) is 13.0. The number of nitrogens with zero attached hydrogens (tertiary/aromatic N) is 2. The number of ether oxygens (including phenoxy) is 2. The molecule has 1 aromatic carbocycles. The van der Waals surface area contributed by atoms with E-state index in [9.17, 15) is 4.79 Å². The summed E-state index contributed by atoms with van der Waals surface area (Å²) >= 11 is 0. The van der Waals surface area contributed by atoms with Gasteiger partial charge in [-0.15, -0.1) is 0 Å². The van der Waals surface area contributed by atoms with Crippen LogP contribution in [0.1, 0.15) is 23.2 Å². The minimum absolute atomic E-state index is 0.104. The molecule has 6 heteroatoms. The van der Waals surface area contributed by atoms with Crippen LogP contribution in [-0.2, 0) is 11.3 Å². The van der Waals surface area contributed by atoms with Gasteiger partial charge in [0.1, 0.15) is 12.4 Å². The van der Waals surface area contributed by atoms with Crippen LogP contribution in [0.5, 0.6) is 5.75 Å². The Kier molecular flexibility index (Phi) is 5.26. The fraction of sp³-hybridized carbons (Fsp3) is 0.412. The lowest BCUT2D eigenvalue weighted by Gasteiger charge is -2.12. The van der Waals surface area contributed by atoms with Crippen molar-refractivity contribution in [3.05, 3.63) is 48.5 Å². The second-order valence-electron chi connectivity index (χ2n) is 5.53. The minimum atomic E-state index is -0.104. The Morgan fingerprint density at radius 1 is 1.48 bits per heavy atom. The van der Waals surface area contributed by atoms with E-state index in [4.69, 9.17) is 9.47 Å². The maximum atomic E-state index is 12.2. The molecule has 2 aromatic rings. The molecule has 23 heavy (non-hydrogen) atoms. The van der Waals surface area contributed by atoms with Gasteiger partial charge in [-0.2, -0.15) is 0 Å². The normalized spacial score (nSPS) is 17.1. The van der Waals surface area contributed by atoms with E-state index >= 15 is 0 Å². The van der Waals surface area contributed by atoms with Crippen molar-refractivity contribution < 1.29 is 14.3 Å². The van der Waals surface area contributed by atoms with Gasteiger partial charge >= 0.3 is 0 Å². The minimum Gasteiger partial charge on any atom is -0.491 e. The predicted molar refractivity (Wildman–Crippen MR) is 85.5 cm³/mol. The molecule has 2 heterocycles. The lowest BCUT2D eigenvalue weighted by molar-refractivity contribution is 0.0679. The second-order valence-corrected chi connectivity index (χ2v) is 5.53. The summed E-state index contributed by atoms with van der Waals surface area (Å²) in [6.45, 7) is 2.59. The Bertz CT molecular complexity index is 622. The van der Waals surface area contributed by atoms with E-state index in [1.807, 2.05) is 22.9 Å². The third-order valence-electron chi connectivity index (χ3n) is 3.77. The Morgan fingerprint density at radius 3 is 3.22 bits per heavy atom. The molecule has 0 spiro atoms. The molecule has 1 unspecified atom stereocenters. The van der Waals surface area contributed by atoms with E-state index in [-0.39, 0.29) is 12.0 Å². The summed E-state index contributed by atoms with van der Waals surface area (Å²) in [6.07, 6.45) is 7.61. The lowest BCUT2D eigenvalue weighted by Crippen LogP contribution is -2.27. The molecule has 0 radical (unpaired) electrons. The average molecular weight is 315 g/mol. The fourth-order valence-electron chi connectivity index (χ4n) is 2.51. The first-order chi connectivity index (χ1) is 11.3. The summed E-state index contributed by atoms with van der Waals surface area (Å²) in [5.41, 5.74) is 0.598. The van der Waals surface area contributed by atoms with Gasteiger partial charge < -0.3 is 19.4 Å². The maximum Gasteiger partial charge on any atom is 0.251 e. The summed E-state index contributed by atoms with van der Waals surface area (Å²) in [5.74, 6) is 0.593. The average Bonchev–Trinajstić information content (AvgIpc) is 3.27. The monoisotopic (exact) mass is 315 g/mol. The number of hydrogen-bond donors (Lipinski definition) is 1. The number of imidazole rings is 1. The molecule has 1 atom stereocenters. The highest BCUT2D eigenvalue weighted by Crippen LogP contribution is 2.17. The van der Waals surface area contributed by atoms with Crippen LogP contribution in [0.2, 0.25) is 0 Å². The van der Waals surface area contributed by atoms with Crippen molar-refractivity contribution in [1.82, 2.24) is 14.9 Å². The van der Waals surface area contributed by atoms with Crippen molar-refractivity contribution in [3.8, 4) is 5.75 Å². The van der Waals surface area contributed by atoms with Gasteiger partial charge in [-0.25, -0.2) is 4.98 Å². The number of nitrogens with one attached hydrogen (secondary N) is 1. The van der Waals surface area contributed by atoms with Crippen molar-refractivity contribution >= 4 is 5.91 Å². The smallest absolute Gasteiger partial charge is 0.251 e. The van der Waals surface area contributed by atoms with Crippen molar-refractivity contribution in [1.29, 1.82) is 0 Å². The van der Waals surface area contributed by atoms with E-state index in [0.29, 0.717) is 31.0 Å². The van der Waals surface area contributed by atoms with Gasteiger partial charge in [-0.1, -0.05) is 6.07 Å². The molecular formula is C17H21N3O3. The first kappa shape index (κ1) is 15.6. The highest BCUT2D eigenvalue weighted by Gasteiger charge is 2.16. The van der Waals surface area contributed by atoms with Crippen LogP contribution >= 0.6 is 0 Å². The molecule has 0 saturated carbocycles. The van der Waals surface area contributed by atoms with Gasteiger partial charge in [0.15, 0.2) is 0 Å².